The number of hydrogen-bond acceptors (Lipinski definition) is 5. The summed E-state index contributed by atoms with van der Waals surface area (Å²) in [6, 6.07) is 4.36. The van der Waals surface area contributed by atoms with Gasteiger partial charge < -0.3 is 15.1 Å². The summed E-state index contributed by atoms with van der Waals surface area (Å²) < 4.78 is 5.76. The molecule has 30 heavy (non-hydrogen) atoms. The van der Waals surface area contributed by atoms with Crippen molar-refractivity contribution in [1.82, 2.24) is 20.4 Å². The predicted molar refractivity (Wildman–Crippen MR) is 137 cm³/mol. The fourth-order valence-corrected chi connectivity index (χ4v) is 6.18. The Morgan fingerprint density at radius 1 is 1.13 bits per heavy atom. The summed E-state index contributed by atoms with van der Waals surface area (Å²) in [5.74, 6) is 4.51. The summed E-state index contributed by atoms with van der Waals surface area (Å²) in [6.07, 6.45) is 9.67. The number of guanidine groups is 1. The molecule has 170 valence electrons. The van der Waals surface area contributed by atoms with E-state index < -0.39 is 0 Å². The van der Waals surface area contributed by atoms with Crippen LogP contribution in [-0.4, -0.2) is 79.1 Å². The summed E-state index contributed by atoms with van der Waals surface area (Å²) in [5.41, 5.74) is 0.313. The molecule has 1 aromatic heterocycles. The third-order valence-electron chi connectivity index (χ3n) is 6.94. The Balaban J connectivity index is 0.00000256. The van der Waals surface area contributed by atoms with Crippen molar-refractivity contribution in [2.45, 2.75) is 50.1 Å². The van der Waals surface area contributed by atoms with Crippen LogP contribution >= 0.6 is 35.7 Å². The SMILES string of the molecule is CN=C(NCC(c1ccco1)N1CCCC1)NCC1(N2CCSCC2)CCCC1.I. The van der Waals surface area contributed by atoms with Crippen molar-refractivity contribution in [3.63, 3.8) is 0 Å². The van der Waals surface area contributed by atoms with Crippen LogP contribution in [0.25, 0.3) is 0 Å². The zero-order chi connectivity index (χ0) is 19.9. The van der Waals surface area contributed by atoms with Gasteiger partial charge in [-0.25, -0.2) is 0 Å². The Labute approximate surface area is 203 Å². The van der Waals surface area contributed by atoms with Gasteiger partial charge in [0.15, 0.2) is 5.96 Å². The molecule has 1 atom stereocenters. The molecular formula is C22H38IN5OS. The summed E-state index contributed by atoms with van der Waals surface area (Å²) >= 11 is 2.10. The largest absolute Gasteiger partial charge is 0.468 e. The zero-order valence-electron chi connectivity index (χ0n) is 18.3. The molecule has 2 N–H and O–H groups in total. The van der Waals surface area contributed by atoms with Gasteiger partial charge >= 0.3 is 0 Å². The van der Waals surface area contributed by atoms with Gasteiger partial charge in [0.2, 0.25) is 0 Å². The summed E-state index contributed by atoms with van der Waals surface area (Å²) in [5, 5.41) is 7.28. The first-order valence-corrected chi connectivity index (χ1v) is 12.5. The highest BCUT2D eigenvalue weighted by atomic mass is 127. The minimum atomic E-state index is 0. The molecule has 2 aliphatic heterocycles. The van der Waals surface area contributed by atoms with Crippen LogP contribution in [0.4, 0.5) is 0 Å². The Bertz CT molecular complexity index is 638. The van der Waals surface area contributed by atoms with Crippen molar-refractivity contribution in [2.75, 3.05) is 57.8 Å². The maximum Gasteiger partial charge on any atom is 0.191 e. The van der Waals surface area contributed by atoms with E-state index >= 15 is 0 Å². The maximum absolute atomic E-state index is 5.76. The number of aliphatic imine (C=N–C) groups is 1. The summed E-state index contributed by atoms with van der Waals surface area (Å²) in [6.45, 7) is 6.57. The minimum absolute atomic E-state index is 0. The number of rotatable bonds is 7. The lowest BCUT2D eigenvalue weighted by molar-refractivity contribution is 0.107. The standard InChI is InChI=1S/C22H37N5OS.HI/c1-23-21(24-17-19(20-7-6-14-28-20)26-10-4-5-11-26)25-18-22(8-2-3-9-22)27-12-15-29-16-13-27;/h6-7,14,19H,2-5,8-13,15-18H2,1H3,(H2,23,24,25);1H. The highest BCUT2D eigenvalue weighted by molar-refractivity contribution is 14.0. The Morgan fingerprint density at radius 2 is 1.87 bits per heavy atom. The molecule has 1 saturated carbocycles. The fourth-order valence-electron chi connectivity index (χ4n) is 5.28. The molecule has 3 aliphatic rings. The van der Waals surface area contributed by atoms with E-state index in [1.807, 2.05) is 13.1 Å². The lowest BCUT2D eigenvalue weighted by atomic mass is 9.94. The first-order valence-electron chi connectivity index (χ1n) is 11.4. The van der Waals surface area contributed by atoms with Crippen molar-refractivity contribution < 1.29 is 4.42 Å². The van der Waals surface area contributed by atoms with Crippen LogP contribution < -0.4 is 10.6 Å². The van der Waals surface area contributed by atoms with Crippen LogP contribution in [-0.2, 0) is 0 Å². The van der Waals surface area contributed by atoms with Crippen LogP contribution in [0.2, 0.25) is 0 Å². The van der Waals surface area contributed by atoms with Crippen LogP contribution in [0.3, 0.4) is 0 Å². The fraction of sp³-hybridized carbons (Fsp3) is 0.773. The number of furan rings is 1. The second kappa shape index (κ2) is 12.0. The molecule has 2 saturated heterocycles. The molecule has 6 nitrogen and oxygen atoms in total. The molecular weight excluding hydrogens is 509 g/mol. The van der Waals surface area contributed by atoms with Crippen molar-refractivity contribution in [3.8, 4) is 0 Å². The molecule has 4 rings (SSSR count). The van der Waals surface area contributed by atoms with Crippen LogP contribution in [0.5, 0.6) is 0 Å². The van der Waals surface area contributed by atoms with Gasteiger partial charge in [-0.1, -0.05) is 12.8 Å². The lowest BCUT2D eigenvalue weighted by Gasteiger charge is -2.43. The molecule has 1 aromatic rings. The van der Waals surface area contributed by atoms with E-state index in [0.717, 1.165) is 37.9 Å². The molecule has 8 heteroatoms. The van der Waals surface area contributed by atoms with Crippen molar-refractivity contribution >= 4 is 41.7 Å². The van der Waals surface area contributed by atoms with E-state index in [2.05, 4.69) is 43.3 Å². The number of halogens is 1. The quantitative estimate of drug-likeness (QED) is 0.310. The molecule has 0 aromatic carbocycles. The molecule has 1 aliphatic carbocycles. The van der Waals surface area contributed by atoms with Crippen LogP contribution in [0.15, 0.2) is 27.8 Å². The molecule has 1 unspecified atom stereocenters. The van der Waals surface area contributed by atoms with Crippen molar-refractivity contribution in [3.05, 3.63) is 24.2 Å². The average molecular weight is 548 g/mol. The van der Waals surface area contributed by atoms with Crippen LogP contribution in [0.1, 0.15) is 50.3 Å². The second-order valence-electron chi connectivity index (χ2n) is 8.61. The third kappa shape index (κ3) is 5.86. The lowest BCUT2D eigenvalue weighted by Crippen LogP contribution is -2.57. The van der Waals surface area contributed by atoms with Crippen molar-refractivity contribution in [1.29, 1.82) is 0 Å². The topological polar surface area (TPSA) is 56.0 Å². The molecule has 0 spiro atoms. The normalized spacial score (nSPS) is 23.8. The molecule has 3 fully saturated rings. The van der Waals surface area contributed by atoms with Crippen molar-refractivity contribution in [2.24, 2.45) is 4.99 Å². The number of nitrogens with one attached hydrogen (secondary N) is 2. The zero-order valence-corrected chi connectivity index (χ0v) is 21.4. The van der Waals surface area contributed by atoms with E-state index in [1.165, 1.54) is 63.1 Å². The Hall–Kier alpha value is -0.450. The first kappa shape index (κ1) is 24.2. The van der Waals surface area contributed by atoms with Crippen LogP contribution in [0, 0.1) is 0 Å². The van der Waals surface area contributed by atoms with E-state index in [1.54, 1.807) is 6.26 Å². The smallest absolute Gasteiger partial charge is 0.191 e. The van der Waals surface area contributed by atoms with E-state index in [-0.39, 0.29) is 30.0 Å². The second-order valence-corrected chi connectivity index (χ2v) is 9.84. The van der Waals surface area contributed by atoms with Gasteiger partial charge in [-0.3, -0.25) is 14.8 Å². The van der Waals surface area contributed by atoms with Gasteiger partial charge in [-0.15, -0.1) is 24.0 Å². The maximum atomic E-state index is 5.76. The summed E-state index contributed by atoms with van der Waals surface area (Å²) in [7, 11) is 1.88. The first-order chi connectivity index (χ1) is 14.3. The number of thioether (sulfide) groups is 1. The van der Waals surface area contributed by atoms with Gasteiger partial charge in [0.1, 0.15) is 5.76 Å². The van der Waals surface area contributed by atoms with Gasteiger partial charge in [-0.2, -0.15) is 11.8 Å². The highest BCUT2D eigenvalue weighted by Crippen LogP contribution is 2.36. The predicted octanol–water partition coefficient (Wildman–Crippen LogP) is 3.56. The number of hydrogen-bond donors (Lipinski definition) is 2. The van der Waals surface area contributed by atoms with E-state index in [9.17, 15) is 0 Å². The van der Waals surface area contributed by atoms with Gasteiger partial charge in [-0.05, 0) is 50.9 Å². The molecule has 0 amide bonds. The molecule has 3 heterocycles. The number of nitrogens with zero attached hydrogens (tertiary/aromatic N) is 3. The van der Waals surface area contributed by atoms with E-state index in [0.29, 0.717) is 5.54 Å². The molecule has 0 radical (unpaired) electrons. The average Bonchev–Trinajstić information content (AvgIpc) is 3.55. The van der Waals surface area contributed by atoms with Gasteiger partial charge in [0.05, 0.1) is 12.3 Å². The Morgan fingerprint density at radius 3 is 2.50 bits per heavy atom. The molecule has 0 bridgehead atoms. The van der Waals surface area contributed by atoms with Gasteiger partial charge in [0, 0.05) is 50.3 Å². The minimum Gasteiger partial charge on any atom is -0.468 e. The third-order valence-corrected chi connectivity index (χ3v) is 7.88. The van der Waals surface area contributed by atoms with Gasteiger partial charge in [0.25, 0.3) is 0 Å². The number of likely N-dealkylation sites (tertiary alicyclic amines) is 1. The monoisotopic (exact) mass is 547 g/mol. The highest BCUT2D eigenvalue weighted by Gasteiger charge is 2.40. The van der Waals surface area contributed by atoms with E-state index in [4.69, 9.17) is 4.42 Å². The summed E-state index contributed by atoms with van der Waals surface area (Å²) in [4.78, 5) is 9.82. The Kier molecular flexibility index (Phi) is 9.65.